The quantitative estimate of drug-likeness (QED) is 0.855. The number of pyridine rings is 1. The van der Waals surface area contributed by atoms with E-state index >= 15 is 0 Å². The van der Waals surface area contributed by atoms with E-state index in [4.69, 9.17) is 4.74 Å². The third kappa shape index (κ3) is 6.18. The van der Waals surface area contributed by atoms with Crippen LogP contribution in [0.4, 0.5) is 4.79 Å². The Balaban J connectivity index is 1.82. The summed E-state index contributed by atoms with van der Waals surface area (Å²) in [5, 5.41) is 0. The van der Waals surface area contributed by atoms with Gasteiger partial charge in [-0.15, -0.1) is 0 Å². The van der Waals surface area contributed by atoms with Gasteiger partial charge < -0.3 is 14.5 Å². The number of piperidine rings is 1. The Morgan fingerprint density at radius 1 is 1.39 bits per heavy atom. The van der Waals surface area contributed by atoms with Crippen LogP contribution in [0.15, 0.2) is 24.5 Å². The van der Waals surface area contributed by atoms with Crippen molar-refractivity contribution in [3.05, 3.63) is 30.1 Å². The molecule has 2 rings (SSSR count). The molecule has 1 fully saturated rings. The maximum atomic E-state index is 12.2. The highest BCUT2D eigenvalue weighted by Crippen LogP contribution is 2.20. The predicted molar refractivity (Wildman–Crippen MR) is 91.1 cm³/mol. The first kappa shape index (κ1) is 17.7. The summed E-state index contributed by atoms with van der Waals surface area (Å²) in [5.41, 5.74) is 0.838. The van der Waals surface area contributed by atoms with E-state index in [0.29, 0.717) is 5.92 Å². The smallest absolute Gasteiger partial charge is 0.410 e. The summed E-state index contributed by atoms with van der Waals surface area (Å²) in [7, 11) is 2.13. The van der Waals surface area contributed by atoms with Crippen LogP contribution in [0.25, 0.3) is 0 Å². The number of rotatable bonds is 4. The zero-order chi connectivity index (χ0) is 16.9. The molecular weight excluding hydrogens is 290 g/mol. The Morgan fingerprint density at radius 2 is 2.09 bits per heavy atom. The van der Waals surface area contributed by atoms with Gasteiger partial charge in [-0.25, -0.2) is 4.79 Å². The first-order valence-electron chi connectivity index (χ1n) is 8.39. The number of likely N-dealkylation sites (tertiary alicyclic amines) is 1. The average molecular weight is 319 g/mol. The van der Waals surface area contributed by atoms with Gasteiger partial charge in [0, 0.05) is 38.6 Å². The molecule has 1 amide bonds. The first-order valence-corrected chi connectivity index (χ1v) is 8.39. The fourth-order valence-corrected chi connectivity index (χ4v) is 3.01. The maximum absolute atomic E-state index is 12.2. The minimum atomic E-state index is -0.428. The Hall–Kier alpha value is -1.62. The fourth-order valence-electron chi connectivity index (χ4n) is 3.01. The van der Waals surface area contributed by atoms with E-state index in [2.05, 4.69) is 16.9 Å². The third-order valence-electron chi connectivity index (χ3n) is 3.94. The molecule has 5 nitrogen and oxygen atoms in total. The van der Waals surface area contributed by atoms with E-state index in [1.807, 2.05) is 50.2 Å². The van der Waals surface area contributed by atoms with E-state index in [-0.39, 0.29) is 6.09 Å². The molecule has 0 radical (unpaired) electrons. The second kappa shape index (κ2) is 7.77. The largest absolute Gasteiger partial charge is 0.444 e. The van der Waals surface area contributed by atoms with Gasteiger partial charge in [0.25, 0.3) is 0 Å². The van der Waals surface area contributed by atoms with Gasteiger partial charge in [-0.1, -0.05) is 0 Å². The molecule has 1 aromatic heterocycles. The summed E-state index contributed by atoms with van der Waals surface area (Å²) in [4.78, 5) is 20.4. The minimum Gasteiger partial charge on any atom is -0.444 e. The highest BCUT2D eigenvalue weighted by Gasteiger charge is 2.28. The molecule has 128 valence electrons. The van der Waals surface area contributed by atoms with Crippen LogP contribution in [-0.2, 0) is 11.3 Å². The molecule has 1 saturated heterocycles. The normalized spacial score (nSPS) is 19.0. The highest BCUT2D eigenvalue weighted by atomic mass is 16.6. The lowest BCUT2D eigenvalue weighted by atomic mass is 9.97. The van der Waals surface area contributed by atoms with Gasteiger partial charge >= 0.3 is 6.09 Å². The second-order valence-corrected chi connectivity index (χ2v) is 7.49. The molecule has 0 spiro atoms. The van der Waals surface area contributed by atoms with Crippen molar-refractivity contribution >= 4 is 6.09 Å². The van der Waals surface area contributed by atoms with Crippen molar-refractivity contribution in [1.82, 2.24) is 14.8 Å². The summed E-state index contributed by atoms with van der Waals surface area (Å²) >= 11 is 0. The third-order valence-corrected chi connectivity index (χ3v) is 3.94. The number of ether oxygens (including phenoxy) is 1. The van der Waals surface area contributed by atoms with Crippen molar-refractivity contribution in [2.24, 2.45) is 5.92 Å². The van der Waals surface area contributed by atoms with Gasteiger partial charge in [0.15, 0.2) is 0 Å². The van der Waals surface area contributed by atoms with Crippen LogP contribution >= 0.6 is 0 Å². The lowest BCUT2D eigenvalue weighted by molar-refractivity contribution is 0.0148. The molecule has 23 heavy (non-hydrogen) atoms. The Bertz CT molecular complexity index is 499. The summed E-state index contributed by atoms with van der Waals surface area (Å²) < 4.78 is 5.49. The Kier molecular flexibility index (Phi) is 5.99. The monoisotopic (exact) mass is 319 g/mol. The minimum absolute atomic E-state index is 0.181. The molecule has 0 aromatic carbocycles. The van der Waals surface area contributed by atoms with E-state index < -0.39 is 5.60 Å². The molecule has 0 unspecified atom stereocenters. The summed E-state index contributed by atoms with van der Waals surface area (Å²) in [6, 6.07) is 4.09. The number of nitrogens with zero attached hydrogens (tertiary/aromatic N) is 3. The van der Waals surface area contributed by atoms with E-state index in [9.17, 15) is 4.79 Å². The van der Waals surface area contributed by atoms with Gasteiger partial charge in [0.2, 0.25) is 0 Å². The Morgan fingerprint density at radius 3 is 2.74 bits per heavy atom. The number of aromatic nitrogens is 1. The standard InChI is InChI=1S/C18H29N3O2/c1-18(2,3)23-17(22)21-11-5-6-16(14-21)13-20(4)12-15-7-9-19-10-8-15/h7-10,16H,5-6,11-14H2,1-4H3/t16-/m0/s1. The van der Waals surface area contributed by atoms with Crippen LogP contribution in [0.5, 0.6) is 0 Å². The van der Waals surface area contributed by atoms with Crippen molar-refractivity contribution in [3.8, 4) is 0 Å². The zero-order valence-corrected chi connectivity index (χ0v) is 14.8. The van der Waals surface area contributed by atoms with Crippen molar-refractivity contribution < 1.29 is 9.53 Å². The summed E-state index contributed by atoms with van der Waals surface area (Å²) in [6.45, 7) is 9.22. The van der Waals surface area contributed by atoms with Crippen LogP contribution in [0, 0.1) is 5.92 Å². The number of carbonyl (C=O) groups excluding carboxylic acids is 1. The zero-order valence-electron chi connectivity index (χ0n) is 14.8. The van der Waals surface area contributed by atoms with Crippen molar-refractivity contribution in [3.63, 3.8) is 0 Å². The van der Waals surface area contributed by atoms with Crippen LogP contribution < -0.4 is 0 Å². The molecular formula is C18H29N3O2. The molecule has 2 heterocycles. The SMILES string of the molecule is CN(Cc1ccncc1)C[C@@H]1CCCN(C(=O)OC(C)(C)C)C1. The van der Waals surface area contributed by atoms with E-state index in [1.165, 1.54) is 12.0 Å². The molecule has 0 aliphatic carbocycles. The Labute approximate surface area is 139 Å². The van der Waals surface area contributed by atoms with Gasteiger partial charge in [0.05, 0.1) is 0 Å². The van der Waals surface area contributed by atoms with Crippen LogP contribution in [0.1, 0.15) is 39.2 Å². The van der Waals surface area contributed by atoms with Crippen LogP contribution in [0.2, 0.25) is 0 Å². The van der Waals surface area contributed by atoms with Crippen LogP contribution in [-0.4, -0.2) is 53.2 Å². The predicted octanol–water partition coefficient (Wildman–Crippen LogP) is 3.16. The van der Waals surface area contributed by atoms with Gasteiger partial charge in [-0.2, -0.15) is 0 Å². The molecule has 1 aliphatic rings. The highest BCUT2D eigenvalue weighted by molar-refractivity contribution is 5.68. The second-order valence-electron chi connectivity index (χ2n) is 7.49. The molecule has 5 heteroatoms. The molecule has 1 atom stereocenters. The molecule has 0 saturated carbocycles. The number of hydrogen-bond donors (Lipinski definition) is 0. The topological polar surface area (TPSA) is 45.7 Å². The van der Waals surface area contributed by atoms with Gasteiger partial charge in [-0.05, 0) is 64.3 Å². The first-order chi connectivity index (χ1) is 10.8. The molecule has 0 N–H and O–H groups in total. The molecule has 1 aliphatic heterocycles. The number of carbonyl (C=O) groups is 1. The van der Waals surface area contributed by atoms with Crippen LogP contribution in [0.3, 0.4) is 0 Å². The maximum Gasteiger partial charge on any atom is 0.410 e. The number of amides is 1. The molecule has 1 aromatic rings. The average Bonchev–Trinajstić information content (AvgIpc) is 2.46. The summed E-state index contributed by atoms with van der Waals surface area (Å²) in [5.74, 6) is 0.503. The van der Waals surface area contributed by atoms with Crippen molar-refractivity contribution in [2.75, 3.05) is 26.7 Å². The lowest BCUT2D eigenvalue weighted by Gasteiger charge is -2.35. The van der Waals surface area contributed by atoms with Gasteiger partial charge in [-0.3, -0.25) is 4.98 Å². The van der Waals surface area contributed by atoms with Gasteiger partial charge in [0.1, 0.15) is 5.60 Å². The van der Waals surface area contributed by atoms with E-state index in [0.717, 1.165) is 32.6 Å². The molecule has 0 bridgehead atoms. The van der Waals surface area contributed by atoms with E-state index in [1.54, 1.807) is 0 Å². The summed E-state index contributed by atoms with van der Waals surface area (Å²) in [6.07, 6.45) is 5.69. The number of hydrogen-bond acceptors (Lipinski definition) is 4. The van der Waals surface area contributed by atoms with Crippen molar-refractivity contribution in [2.45, 2.75) is 45.8 Å². The lowest BCUT2D eigenvalue weighted by Crippen LogP contribution is -2.45. The fraction of sp³-hybridized carbons (Fsp3) is 0.667. The van der Waals surface area contributed by atoms with Crippen molar-refractivity contribution in [1.29, 1.82) is 0 Å².